The van der Waals surface area contributed by atoms with Crippen LogP contribution in [0.1, 0.15) is 43.2 Å². The van der Waals surface area contributed by atoms with Crippen molar-refractivity contribution in [3.05, 3.63) is 66.0 Å². The summed E-state index contributed by atoms with van der Waals surface area (Å²) >= 11 is 0. The number of pyridine rings is 1. The molecule has 2 aliphatic rings. The Morgan fingerprint density at radius 3 is 2.62 bits per heavy atom. The Bertz CT molecular complexity index is 908. The van der Waals surface area contributed by atoms with E-state index in [0.29, 0.717) is 26.1 Å². The molecule has 3 amide bonds. The molecule has 7 nitrogen and oxygen atoms in total. The number of amides is 3. The van der Waals surface area contributed by atoms with E-state index < -0.39 is 0 Å². The first kappa shape index (κ1) is 24.2. The van der Waals surface area contributed by atoms with Gasteiger partial charge in [-0.25, -0.2) is 4.79 Å². The minimum atomic E-state index is -0.103. The minimum Gasteiger partial charge on any atom is -0.356 e. The molecular weight excluding hydrogens is 426 g/mol. The maximum Gasteiger partial charge on any atom is 0.317 e. The number of aromatic nitrogens is 1. The SMILES string of the molecule is O=C1NCCCCCCN(Cc2ccncc2)[C@@H]2CN(C(=O)NCCc3ccccc3)CC[C@H]12. The lowest BCUT2D eigenvalue weighted by atomic mass is 9.89. The van der Waals surface area contributed by atoms with Gasteiger partial charge in [0.15, 0.2) is 0 Å². The van der Waals surface area contributed by atoms with E-state index in [9.17, 15) is 9.59 Å². The van der Waals surface area contributed by atoms with Gasteiger partial charge in [-0.05, 0) is 55.5 Å². The second-order valence-electron chi connectivity index (χ2n) is 9.41. The van der Waals surface area contributed by atoms with Crippen LogP contribution in [0.2, 0.25) is 0 Å². The molecule has 2 atom stereocenters. The Morgan fingerprint density at radius 1 is 1.00 bits per heavy atom. The highest BCUT2D eigenvalue weighted by molar-refractivity contribution is 5.80. The molecule has 4 rings (SSSR count). The highest BCUT2D eigenvalue weighted by Crippen LogP contribution is 2.26. The predicted octanol–water partition coefficient (Wildman–Crippen LogP) is 3.22. The van der Waals surface area contributed by atoms with Gasteiger partial charge in [0.1, 0.15) is 0 Å². The molecule has 2 fully saturated rings. The van der Waals surface area contributed by atoms with Crippen molar-refractivity contribution in [2.75, 3.05) is 32.7 Å². The summed E-state index contributed by atoms with van der Waals surface area (Å²) in [6.45, 7) is 4.22. The Morgan fingerprint density at radius 2 is 1.79 bits per heavy atom. The fraction of sp³-hybridized carbons (Fsp3) is 0.519. The number of urea groups is 1. The molecule has 2 N–H and O–H groups in total. The highest BCUT2D eigenvalue weighted by Gasteiger charge is 2.39. The summed E-state index contributed by atoms with van der Waals surface area (Å²) in [5.74, 6) is 0.0315. The fourth-order valence-electron chi connectivity index (χ4n) is 5.08. The van der Waals surface area contributed by atoms with Crippen molar-refractivity contribution < 1.29 is 9.59 Å². The third-order valence-corrected chi connectivity index (χ3v) is 7.01. The van der Waals surface area contributed by atoms with Gasteiger partial charge in [0.2, 0.25) is 5.91 Å². The van der Waals surface area contributed by atoms with Gasteiger partial charge < -0.3 is 15.5 Å². The fourth-order valence-corrected chi connectivity index (χ4v) is 5.08. The van der Waals surface area contributed by atoms with Gasteiger partial charge in [-0.3, -0.25) is 14.7 Å². The number of piperidine rings is 1. The first-order chi connectivity index (χ1) is 16.7. The van der Waals surface area contributed by atoms with Crippen LogP contribution in [0.5, 0.6) is 0 Å². The van der Waals surface area contributed by atoms with Gasteiger partial charge in [-0.1, -0.05) is 43.2 Å². The van der Waals surface area contributed by atoms with Gasteiger partial charge in [-0.2, -0.15) is 0 Å². The second-order valence-corrected chi connectivity index (χ2v) is 9.41. The maximum absolute atomic E-state index is 13.1. The summed E-state index contributed by atoms with van der Waals surface area (Å²) in [6, 6.07) is 14.2. The number of nitrogens with zero attached hydrogens (tertiary/aromatic N) is 3. The molecule has 0 saturated carbocycles. The van der Waals surface area contributed by atoms with Gasteiger partial charge in [0.25, 0.3) is 0 Å². The van der Waals surface area contributed by atoms with Crippen molar-refractivity contribution in [3.63, 3.8) is 0 Å². The molecular formula is C27H37N5O2. The summed E-state index contributed by atoms with van der Waals surface area (Å²) < 4.78 is 0. The number of fused-ring (bicyclic) bond motifs is 1. The molecule has 182 valence electrons. The van der Waals surface area contributed by atoms with E-state index in [1.165, 1.54) is 11.1 Å². The average Bonchev–Trinajstić information content (AvgIpc) is 2.90. The summed E-state index contributed by atoms with van der Waals surface area (Å²) in [7, 11) is 0. The van der Waals surface area contributed by atoms with E-state index in [4.69, 9.17) is 0 Å². The van der Waals surface area contributed by atoms with E-state index in [2.05, 4.69) is 32.7 Å². The van der Waals surface area contributed by atoms with E-state index >= 15 is 0 Å². The zero-order chi connectivity index (χ0) is 23.6. The molecule has 1 aromatic carbocycles. The Kier molecular flexibility index (Phi) is 8.90. The van der Waals surface area contributed by atoms with Crippen molar-refractivity contribution in [1.82, 2.24) is 25.4 Å². The predicted molar refractivity (Wildman–Crippen MR) is 133 cm³/mol. The monoisotopic (exact) mass is 463 g/mol. The number of hydrogen-bond donors (Lipinski definition) is 2. The zero-order valence-electron chi connectivity index (χ0n) is 20.0. The van der Waals surface area contributed by atoms with Crippen LogP contribution < -0.4 is 10.6 Å². The summed E-state index contributed by atoms with van der Waals surface area (Å²) in [6.07, 6.45) is 9.56. The second kappa shape index (κ2) is 12.5. The molecule has 7 heteroatoms. The number of hydrogen-bond acceptors (Lipinski definition) is 4. The van der Waals surface area contributed by atoms with Crippen molar-refractivity contribution in [2.45, 2.75) is 51.1 Å². The number of likely N-dealkylation sites (tertiary alicyclic amines) is 1. The molecule has 1 aromatic heterocycles. The van der Waals surface area contributed by atoms with Gasteiger partial charge >= 0.3 is 6.03 Å². The summed E-state index contributed by atoms with van der Waals surface area (Å²) in [5, 5.41) is 6.26. The third-order valence-electron chi connectivity index (χ3n) is 7.01. The summed E-state index contributed by atoms with van der Waals surface area (Å²) in [4.78, 5) is 34.6. The molecule has 0 bridgehead atoms. The van der Waals surface area contributed by atoms with Crippen LogP contribution in [0.25, 0.3) is 0 Å². The maximum atomic E-state index is 13.1. The molecule has 2 saturated heterocycles. The first-order valence-corrected chi connectivity index (χ1v) is 12.7. The third kappa shape index (κ3) is 6.79. The number of benzene rings is 1. The van der Waals surface area contributed by atoms with Crippen LogP contribution in [0.3, 0.4) is 0 Å². The van der Waals surface area contributed by atoms with Crippen LogP contribution in [0, 0.1) is 5.92 Å². The van der Waals surface area contributed by atoms with E-state index in [1.54, 1.807) is 0 Å². The lowest BCUT2D eigenvalue weighted by molar-refractivity contribution is -0.129. The van der Waals surface area contributed by atoms with Crippen LogP contribution in [0.4, 0.5) is 4.79 Å². The van der Waals surface area contributed by atoms with E-state index in [-0.39, 0.29) is 23.9 Å². The molecule has 3 heterocycles. The van der Waals surface area contributed by atoms with Crippen LogP contribution in [-0.4, -0.2) is 65.5 Å². The van der Waals surface area contributed by atoms with Gasteiger partial charge in [0.05, 0.1) is 5.92 Å². The van der Waals surface area contributed by atoms with Crippen molar-refractivity contribution in [3.8, 4) is 0 Å². The number of carbonyl (C=O) groups excluding carboxylic acids is 2. The topological polar surface area (TPSA) is 77.6 Å². The Balaban J connectivity index is 1.45. The number of rotatable bonds is 5. The van der Waals surface area contributed by atoms with E-state index in [0.717, 1.165) is 51.7 Å². The van der Waals surface area contributed by atoms with Crippen molar-refractivity contribution in [1.29, 1.82) is 0 Å². The molecule has 0 spiro atoms. The lowest BCUT2D eigenvalue weighted by Crippen LogP contribution is -2.59. The summed E-state index contributed by atoms with van der Waals surface area (Å²) in [5.41, 5.74) is 2.40. The average molecular weight is 464 g/mol. The smallest absolute Gasteiger partial charge is 0.317 e. The minimum absolute atomic E-state index is 0.000103. The molecule has 2 aliphatic heterocycles. The lowest BCUT2D eigenvalue weighted by Gasteiger charge is -2.43. The molecule has 0 aliphatic carbocycles. The van der Waals surface area contributed by atoms with Gasteiger partial charge in [-0.15, -0.1) is 0 Å². The quantitative estimate of drug-likeness (QED) is 0.714. The van der Waals surface area contributed by atoms with Crippen LogP contribution in [0.15, 0.2) is 54.9 Å². The molecule has 34 heavy (non-hydrogen) atoms. The molecule has 0 unspecified atom stereocenters. The largest absolute Gasteiger partial charge is 0.356 e. The standard InChI is InChI=1S/C27H37N5O2/c33-26-24-13-19-32(27(34)30-17-12-22-8-4-3-5-9-22)21-25(24)31(18-7-2-1-6-14-29-26)20-23-10-15-28-16-11-23/h3-5,8-11,15-16,24-25H,1-2,6-7,12-14,17-21H2,(H,29,33)(H,30,34)/t24-,25+/m0/s1. The van der Waals surface area contributed by atoms with E-state index in [1.807, 2.05) is 47.6 Å². The highest BCUT2D eigenvalue weighted by atomic mass is 16.2. The zero-order valence-corrected chi connectivity index (χ0v) is 20.0. The first-order valence-electron chi connectivity index (χ1n) is 12.7. The number of carbonyl (C=O) groups is 2. The Hall–Kier alpha value is -2.93. The number of nitrogens with one attached hydrogen (secondary N) is 2. The van der Waals surface area contributed by atoms with Crippen molar-refractivity contribution >= 4 is 11.9 Å². The van der Waals surface area contributed by atoms with Gasteiger partial charge in [0, 0.05) is 51.2 Å². The Labute approximate surface area is 202 Å². The van der Waals surface area contributed by atoms with Crippen molar-refractivity contribution in [2.24, 2.45) is 5.92 Å². The normalized spacial score (nSPS) is 22.2. The molecule has 2 aromatic rings. The van der Waals surface area contributed by atoms with Crippen LogP contribution in [-0.2, 0) is 17.8 Å². The van der Waals surface area contributed by atoms with Crippen LogP contribution >= 0.6 is 0 Å². The molecule has 0 radical (unpaired) electrons.